The highest BCUT2D eigenvalue weighted by Crippen LogP contribution is 2.20. The Hall–Kier alpha value is -3.47. The Bertz CT molecular complexity index is 1350. The highest BCUT2D eigenvalue weighted by atomic mass is 35.5. The number of carbonyl (C=O) groups is 2. The van der Waals surface area contributed by atoms with Crippen molar-refractivity contribution in [3.8, 4) is 5.75 Å². The number of amides is 2. The zero-order valence-corrected chi connectivity index (χ0v) is 21.9. The van der Waals surface area contributed by atoms with E-state index in [0.29, 0.717) is 36.5 Å². The Balaban J connectivity index is 1.51. The van der Waals surface area contributed by atoms with Gasteiger partial charge >= 0.3 is 6.09 Å². The highest BCUT2D eigenvalue weighted by molar-refractivity contribution is 7.89. The molecule has 0 unspecified atom stereocenters. The van der Waals surface area contributed by atoms with Crippen molar-refractivity contribution in [2.24, 2.45) is 0 Å². The molecule has 0 bridgehead atoms. The molecule has 37 heavy (non-hydrogen) atoms. The number of rotatable bonds is 10. The van der Waals surface area contributed by atoms with Crippen molar-refractivity contribution in [3.63, 3.8) is 0 Å². The van der Waals surface area contributed by atoms with E-state index in [2.05, 4.69) is 10.0 Å². The van der Waals surface area contributed by atoms with Crippen LogP contribution < -0.4 is 14.8 Å². The van der Waals surface area contributed by atoms with Gasteiger partial charge in [0.1, 0.15) is 11.6 Å². The van der Waals surface area contributed by atoms with E-state index in [-0.39, 0.29) is 22.4 Å². The van der Waals surface area contributed by atoms with Crippen molar-refractivity contribution >= 4 is 39.3 Å². The Kier molecular flexibility index (Phi) is 9.62. The molecule has 0 aromatic heterocycles. The van der Waals surface area contributed by atoms with Crippen molar-refractivity contribution in [1.82, 2.24) is 9.62 Å². The summed E-state index contributed by atoms with van der Waals surface area (Å²) in [5.74, 6) is -0.683. The minimum Gasteiger partial charge on any atom is -0.410 e. The van der Waals surface area contributed by atoms with Gasteiger partial charge in [0.25, 0.3) is 5.91 Å². The summed E-state index contributed by atoms with van der Waals surface area (Å²) in [5.41, 5.74) is 1.80. The molecule has 11 heteroatoms. The van der Waals surface area contributed by atoms with Crippen LogP contribution in [0.1, 0.15) is 29.8 Å². The van der Waals surface area contributed by atoms with Crippen LogP contribution in [0, 0.1) is 5.82 Å². The summed E-state index contributed by atoms with van der Waals surface area (Å²) in [6, 6.07) is 16.4. The molecule has 8 nitrogen and oxygen atoms in total. The van der Waals surface area contributed by atoms with Gasteiger partial charge in [-0.25, -0.2) is 22.3 Å². The molecule has 0 saturated carbocycles. The molecular formula is C26H27ClFN3O5S. The van der Waals surface area contributed by atoms with E-state index in [9.17, 15) is 22.4 Å². The number of ether oxygens (including phenoxy) is 1. The molecular weight excluding hydrogens is 521 g/mol. The number of halogens is 2. The molecule has 0 radical (unpaired) electrons. The number of sulfonamides is 1. The number of nitrogens with zero attached hydrogens (tertiary/aromatic N) is 1. The number of carbonyl (C=O) groups excluding carboxylic acids is 2. The number of hydrogen-bond donors (Lipinski definition) is 2. The van der Waals surface area contributed by atoms with Crippen molar-refractivity contribution < 1.29 is 27.1 Å². The first-order valence-electron chi connectivity index (χ1n) is 11.5. The minimum absolute atomic E-state index is 0.118. The van der Waals surface area contributed by atoms with Crippen molar-refractivity contribution in [3.05, 3.63) is 88.7 Å². The molecule has 0 heterocycles. The first-order valence-corrected chi connectivity index (χ1v) is 13.4. The second kappa shape index (κ2) is 12.7. The predicted octanol–water partition coefficient (Wildman–Crippen LogP) is 5.09. The molecule has 0 saturated heterocycles. The van der Waals surface area contributed by atoms with Crippen LogP contribution in [0.25, 0.3) is 0 Å². The fourth-order valence-corrected chi connectivity index (χ4v) is 4.64. The fraction of sp³-hybridized carbons (Fsp3) is 0.231. The maximum Gasteiger partial charge on any atom is 0.415 e. The van der Waals surface area contributed by atoms with Gasteiger partial charge in [-0.15, -0.1) is 0 Å². The first kappa shape index (κ1) is 28.1. The molecule has 0 spiro atoms. The highest BCUT2D eigenvalue weighted by Gasteiger charge is 2.16. The number of hydrogen-bond acceptors (Lipinski definition) is 5. The van der Waals surface area contributed by atoms with Gasteiger partial charge in [0.2, 0.25) is 10.0 Å². The van der Waals surface area contributed by atoms with E-state index in [1.165, 1.54) is 0 Å². The third kappa shape index (κ3) is 7.75. The maximum atomic E-state index is 13.3. The molecule has 0 aliphatic heterocycles. The van der Waals surface area contributed by atoms with Crippen LogP contribution >= 0.6 is 11.6 Å². The Morgan fingerprint density at radius 3 is 2.22 bits per heavy atom. The van der Waals surface area contributed by atoms with Crippen LogP contribution in [0.4, 0.5) is 14.9 Å². The van der Waals surface area contributed by atoms with E-state index in [1.807, 2.05) is 13.8 Å². The molecule has 0 aliphatic rings. The molecule has 0 atom stereocenters. The first-order chi connectivity index (χ1) is 17.6. The summed E-state index contributed by atoms with van der Waals surface area (Å²) in [6.45, 7) is 4.91. The van der Waals surface area contributed by atoms with E-state index < -0.39 is 21.9 Å². The lowest BCUT2D eigenvalue weighted by atomic mass is 10.1. The lowest BCUT2D eigenvalue weighted by Crippen LogP contribution is -2.33. The van der Waals surface area contributed by atoms with Crippen molar-refractivity contribution in [2.45, 2.75) is 25.2 Å². The van der Waals surface area contributed by atoms with Gasteiger partial charge in [-0.3, -0.25) is 4.79 Å². The van der Waals surface area contributed by atoms with Gasteiger partial charge in [0, 0.05) is 30.9 Å². The Morgan fingerprint density at radius 2 is 1.62 bits per heavy atom. The lowest BCUT2D eigenvalue weighted by Gasteiger charge is -2.17. The zero-order valence-electron chi connectivity index (χ0n) is 20.3. The second-order valence-corrected chi connectivity index (χ2v) is 10.1. The quantitative estimate of drug-likeness (QED) is 0.368. The lowest BCUT2D eigenvalue weighted by molar-refractivity contribution is 0.102. The summed E-state index contributed by atoms with van der Waals surface area (Å²) in [7, 11) is -3.83. The van der Waals surface area contributed by atoms with Crippen LogP contribution in [-0.2, 0) is 16.4 Å². The number of nitrogens with one attached hydrogen (secondary N) is 2. The largest absolute Gasteiger partial charge is 0.415 e. The summed E-state index contributed by atoms with van der Waals surface area (Å²) in [4.78, 5) is 26.0. The summed E-state index contributed by atoms with van der Waals surface area (Å²) in [5, 5.41) is 2.52. The van der Waals surface area contributed by atoms with Crippen LogP contribution in [0.5, 0.6) is 5.75 Å². The molecule has 2 amide bonds. The van der Waals surface area contributed by atoms with E-state index >= 15 is 0 Å². The summed E-state index contributed by atoms with van der Waals surface area (Å²) in [6.07, 6.45) is -0.0503. The van der Waals surface area contributed by atoms with E-state index in [4.69, 9.17) is 16.3 Å². The maximum absolute atomic E-state index is 13.3. The molecule has 3 aromatic carbocycles. The summed E-state index contributed by atoms with van der Waals surface area (Å²) < 4.78 is 45.8. The third-order valence-corrected chi connectivity index (χ3v) is 7.21. The zero-order chi connectivity index (χ0) is 27.0. The van der Waals surface area contributed by atoms with Gasteiger partial charge in [-0.05, 0) is 80.4 Å². The molecule has 0 aliphatic carbocycles. The number of anilines is 1. The molecule has 196 valence electrons. The minimum atomic E-state index is -3.83. The van der Waals surface area contributed by atoms with Crippen LogP contribution in [0.2, 0.25) is 5.02 Å². The van der Waals surface area contributed by atoms with Crippen LogP contribution in [-0.4, -0.2) is 45.0 Å². The van der Waals surface area contributed by atoms with Crippen LogP contribution in [0.3, 0.4) is 0 Å². The smallest absolute Gasteiger partial charge is 0.410 e. The van der Waals surface area contributed by atoms with E-state index in [1.54, 1.807) is 53.4 Å². The standard InChI is InChI=1S/C26H27ClFN3O5S/c1-3-31(4-2)26(33)36-21-11-7-19(8-12-21)25(32)30-20-9-5-18(6-10-20)15-16-29-37(34,35)22-13-14-24(28)23(27)17-22/h5-14,17,29H,3-4,15-16H2,1-2H3,(H,30,32). The van der Waals surface area contributed by atoms with Gasteiger partial charge in [0.15, 0.2) is 0 Å². The average Bonchev–Trinajstić information content (AvgIpc) is 2.87. The Labute approximate surface area is 220 Å². The number of benzene rings is 3. The predicted molar refractivity (Wildman–Crippen MR) is 140 cm³/mol. The average molecular weight is 548 g/mol. The van der Waals surface area contributed by atoms with E-state index in [0.717, 1.165) is 23.8 Å². The molecule has 0 fully saturated rings. The fourth-order valence-electron chi connectivity index (χ4n) is 3.34. The van der Waals surface area contributed by atoms with Gasteiger partial charge in [-0.1, -0.05) is 23.7 Å². The van der Waals surface area contributed by atoms with Crippen molar-refractivity contribution in [2.75, 3.05) is 25.0 Å². The Morgan fingerprint density at radius 1 is 0.973 bits per heavy atom. The monoisotopic (exact) mass is 547 g/mol. The molecule has 2 N–H and O–H groups in total. The molecule has 3 rings (SSSR count). The van der Waals surface area contributed by atoms with Crippen molar-refractivity contribution in [1.29, 1.82) is 0 Å². The third-order valence-electron chi connectivity index (χ3n) is 5.46. The molecule has 3 aromatic rings. The summed E-state index contributed by atoms with van der Waals surface area (Å²) >= 11 is 5.67. The van der Waals surface area contributed by atoms with Gasteiger partial charge in [-0.2, -0.15) is 0 Å². The van der Waals surface area contributed by atoms with Gasteiger partial charge < -0.3 is 15.0 Å². The normalized spacial score (nSPS) is 11.1. The van der Waals surface area contributed by atoms with Gasteiger partial charge in [0.05, 0.1) is 9.92 Å². The van der Waals surface area contributed by atoms with Crippen LogP contribution in [0.15, 0.2) is 71.6 Å². The SMILES string of the molecule is CCN(CC)C(=O)Oc1ccc(C(=O)Nc2ccc(CCNS(=O)(=O)c3ccc(F)c(Cl)c3)cc2)cc1. The topological polar surface area (TPSA) is 105 Å². The second-order valence-electron chi connectivity index (χ2n) is 7.94.